The smallest absolute Gasteiger partial charge is 0.349 e. The van der Waals surface area contributed by atoms with Gasteiger partial charge in [-0.15, -0.1) is 0 Å². The van der Waals surface area contributed by atoms with E-state index in [-0.39, 0.29) is 5.56 Å². The zero-order valence-electron chi connectivity index (χ0n) is 9.32. The maximum Gasteiger partial charge on any atom is 0.349 e. The molecular formula is C11H9ClO7. The molecule has 0 radical (unpaired) electrons. The average molecular weight is 289 g/mol. The molecule has 0 aromatic heterocycles. The van der Waals surface area contributed by atoms with Gasteiger partial charge in [0.1, 0.15) is 0 Å². The number of carboxylic acids is 2. The summed E-state index contributed by atoms with van der Waals surface area (Å²) in [5, 5.41) is 27.1. The molecule has 0 aliphatic rings. The van der Waals surface area contributed by atoms with Gasteiger partial charge in [0.2, 0.25) is 11.9 Å². The van der Waals surface area contributed by atoms with Crippen molar-refractivity contribution in [3.8, 4) is 0 Å². The molecule has 19 heavy (non-hydrogen) atoms. The summed E-state index contributed by atoms with van der Waals surface area (Å²) in [5.41, 5.74) is -3.28. The minimum absolute atomic E-state index is 0.161. The first kappa shape index (κ1) is 15.1. The number of aliphatic carboxylic acids is 2. The number of aliphatic hydroxyl groups excluding tert-OH is 1. The van der Waals surface area contributed by atoms with Gasteiger partial charge in [-0.2, -0.15) is 0 Å². The normalized spacial score (nSPS) is 15.3. The maximum absolute atomic E-state index is 12.1. The highest BCUT2D eigenvalue weighted by Gasteiger charge is 2.58. The monoisotopic (exact) mass is 288 g/mol. The third-order valence-corrected chi connectivity index (χ3v) is 2.68. The highest BCUT2D eigenvalue weighted by Crippen LogP contribution is 2.25. The van der Waals surface area contributed by atoms with Crippen LogP contribution in [0.1, 0.15) is 10.4 Å². The van der Waals surface area contributed by atoms with Gasteiger partial charge >= 0.3 is 11.9 Å². The summed E-state index contributed by atoms with van der Waals surface area (Å²) >= 11 is 4.98. The molecule has 0 amide bonds. The van der Waals surface area contributed by atoms with E-state index in [0.717, 1.165) is 0 Å². The molecule has 102 valence electrons. The third-order valence-electron chi connectivity index (χ3n) is 2.43. The molecule has 0 bridgehead atoms. The standard InChI is InChI=1S/C11H9ClO7/c12-19-11(10(17)18,8(14)9(15)16)7(13)6-4-2-1-3-5-6/h1-5,8,14H,(H,15,16)(H,17,18)/t8?,11-/m0/s1. The van der Waals surface area contributed by atoms with Crippen LogP contribution in [0.5, 0.6) is 0 Å². The molecule has 0 heterocycles. The topological polar surface area (TPSA) is 121 Å². The van der Waals surface area contributed by atoms with Crippen molar-refractivity contribution in [3.63, 3.8) is 0 Å². The zero-order chi connectivity index (χ0) is 14.6. The quantitative estimate of drug-likeness (QED) is 0.508. The average Bonchev–Trinajstić information content (AvgIpc) is 2.40. The minimum atomic E-state index is -3.12. The van der Waals surface area contributed by atoms with E-state index in [1.54, 1.807) is 6.07 Å². The second-order valence-electron chi connectivity index (χ2n) is 3.55. The number of aliphatic hydroxyl groups is 1. The number of carbonyl (C=O) groups is 3. The Kier molecular flexibility index (Phi) is 4.60. The van der Waals surface area contributed by atoms with Gasteiger partial charge in [0, 0.05) is 5.56 Å². The van der Waals surface area contributed by atoms with E-state index in [4.69, 9.17) is 22.1 Å². The third kappa shape index (κ3) is 2.58. The largest absolute Gasteiger partial charge is 0.479 e. The van der Waals surface area contributed by atoms with E-state index < -0.39 is 29.4 Å². The van der Waals surface area contributed by atoms with Crippen LogP contribution in [0, 0.1) is 0 Å². The summed E-state index contributed by atoms with van der Waals surface area (Å²) in [4.78, 5) is 34.0. The Morgan fingerprint density at radius 2 is 1.68 bits per heavy atom. The fraction of sp³-hybridized carbons (Fsp3) is 0.182. The van der Waals surface area contributed by atoms with Crippen molar-refractivity contribution in [1.29, 1.82) is 0 Å². The lowest BCUT2D eigenvalue weighted by atomic mass is 9.87. The predicted molar refractivity (Wildman–Crippen MR) is 61.7 cm³/mol. The molecule has 3 N–H and O–H groups in total. The van der Waals surface area contributed by atoms with Crippen LogP contribution >= 0.6 is 11.9 Å². The first-order valence-corrected chi connectivity index (χ1v) is 5.22. The molecule has 0 aliphatic heterocycles. The lowest BCUT2D eigenvalue weighted by molar-refractivity contribution is -0.171. The van der Waals surface area contributed by atoms with E-state index in [1.807, 2.05) is 0 Å². The minimum Gasteiger partial charge on any atom is -0.479 e. The van der Waals surface area contributed by atoms with Crippen LogP contribution in [-0.2, 0) is 13.9 Å². The number of carboxylic acid groups (broad SMARTS) is 2. The van der Waals surface area contributed by atoms with Crippen molar-refractivity contribution >= 4 is 29.6 Å². The van der Waals surface area contributed by atoms with E-state index in [1.165, 1.54) is 24.3 Å². The summed E-state index contributed by atoms with van der Waals surface area (Å²) in [5.74, 6) is -5.23. The SMILES string of the molecule is O=C(O)C(O)[C@](OCl)(C(=O)O)C(=O)c1ccccc1. The summed E-state index contributed by atoms with van der Waals surface area (Å²) < 4.78 is 4.03. The second kappa shape index (κ2) is 5.79. The Balaban J connectivity index is 3.36. The number of hydrogen-bond acceptors (Lipinski definition) is 5. The molecule has 8 heteroatoms. The van der Waals surface area contributed by atoms with Gasteiger partial charge in [0.25, 0.3) is 5.60 Å². The fourth-order valence-electron chi connectivity index (χ4n) is 1.43. The molecule has 2 atom stereocenters. The van der Waals surface area contributed by atoms with Crippen molar-refractivity contribution in [1.82, 2.24) is 0 Å². The van der Waals surface area contributed by atoms with Crippen molar-refractivity contribution < 1.29 is 34.0 Å². The Labute approximate surface area is 112 Å². The zero-order valence-corrected chi connectivity index (χ0v) is 10.1. The molecule has 1 aromatic carbocycles. The molecule has 1 unspecified atom stereocenters. The van der Waals surface area contributed by atoms with Crippen LogP contribution in [0.4, 0.5) is 0 Å². The second-order valence-corrected chi connectivity index (χ2v) is 3.71. The van der Waals surface area contributed by atoms with Gasteiger partial charge in [0.05, 0.1) is 11.9 Å². The number of rotatable bonds is 6. The summed E-state index contributed by atoms with van der Waals surface area (Å²) in [7, 11) is 0. The molecule has 1 rings (SSSR count). The van der Waals surface area contributed by atoms with Gasteiger partial charge < -0.3 is 15.3 Å². The van der Waals surface area contributed by atoms with E-state index in [9.17, 15) is 19.5 Å². The maximum atomic E-state index is 12.1. The highest BCUT2D eigenvalue weighted by atomic mass is 35.5. The fourth-order valence-corrected chi connectivity index (χ4v) is 1.65. The highest BCUT2D eigenvalue weighted by molar-refractivity contribution is 6.21. The van der Waals surface area contributed by atoms with Gasteiger partial charge in [-0.3, -0.25) is 4.79 Å². The molecule has 0 saturated carbocycles. The predicted octanol–water partition coefficient (Wildman–Crippen LogP) is 0.309. The number of carbonyl (C=O) groups excluding carboxylic acids is 1. The number of ketones is 1. The summed E-state index contributed by atoms with van der Waals surface area (Å²) in [6, 6.07) is 6.91. The molecular weight excluding hydrogens is 280 g/mol. The Bertz CT molecular complexity index is 501. The summed E-state index contributed by atoms with van der Waals surface area (Å²) in [6.45, 7) is 0. The van der Waals surface area contributed by atoms with Crippen molar-refractivity contribution in [2.45, 2.75) is 11.7 Å². The molecule has 0 fully saturated rings. The molecule has 0 saturated heterocycles. The van der Waals surface area contributed by atoms with Crippen molar-refractivity contribution in [2.24, 2.45) is 0 Å². The molecule has 1 aromatic rings. The van der Waals surface area contributed by atoms with E-state index in [2.05, 4.69) is 4.29 Å². The molecule has 0 aliphatic carbocycles. The number of halogens is 1. The van der Waals surface area contributed by atoms with Crippen molar-refractivity contribution in [3.05, 3.63) is 35.9 Å². The van der Waals surface area contributed by atoms with Crippen LogP contribution in [0.2, 0.25) is 0 Å². The van der Waals surface area contributed by atoms with Crippen LogP contribution < -0.4 is 0 Å². The van der Waals surface area contributed by atoms with Crippen molar-refractivity contribution in [2.75, 3.05) is 0 Å². The number of hydrogen-bond donors (Lipinski definition) is 3. The van der Waals surface area contributed by atoms with Crippen LogP contribution in [0.15, 0.2) is 30.3 Å². The first-order chi connectivity index (χ1) is 8.87. The van der Waals surface area contributed by atoms with E-state index >= 15 is 0 Å². The Morgan fingerprint density at radius 3 is 2.05 bits per heavy atom. The lowest BCUT2D eigenvalue weighted by Gasteiger charge is -2.26. The number of benzene rings is 1. The number of Topliss-reactive ketones (excluding diaryl/α,β-unsaturated/α-hetero) is 1. The van der Waals surface area contributed by atoms with Crippen LogP contribution in [0.25, 0.3) is 0 Å². The lowest BCUT2D eigenvalue weighted by Crippen LogP contribution is -2.59. The van der Waals surface area contributed by atoms with Crippen LogP contribution in [-0.4, -0.2) is 44.7 Å². The van der Waals surface area contributed by atoms with Crippen LogP contribution in [0.3, 0.4) is 0 Å². The Morgan fingerprint density at radius 1 is 1.16 bits per heavy atom. The van der Waals surface area contributed by atoms with E-state index in [0.29, 0.717) is 0 Å². The van der Waals surface area contributed by atoms with Gasteiger partial charge in [-0.1, -0.05) is 30.3 Å². The summed E-state index contributed by atoms with van der Waals surface area (Å²) in [6.07, 6.45) is -2.66. The Hall–Kier alpha value is -1.96. The first-order valence-electron chi connectivity index (χ1n) is 4.91. The molecule has 7 nitrogen and oxygen atoms in total. The molecule has 0 spiro atoms. The van der Waals surface area contributed by atoms with Gasteiger partial charge in [0.15, 0.2) is 0 Å². The van der Waals surface area contributed by atoms with Gasteiger partial charge in [-0.25, -0.2) is 13.9 Å². The van der Waals surface area contributed by atoms with Gasteiger partial charge in [-0.05, 0) is 0 Å².